The van der Waals surface area contributed by atoms with Gasteiger partial charge in [-0.05, 0) is 0 Å². The minimum atomic E-state index is -4.19. The Balaban J connectivity index is 5.04. The molecule has 0 unspecified atom stereocenters. The lowest BCUT2D eigenvalue weighted by Crippen LogP contribution is -2.42. The molecule has 0 aromatic carbocycles. The first-order valence-electron chi connectivity index (χ1n) is 4.95. The van der Waals surface area contributed by atoms with Gasteiger partial charge >= 0.3 is 17.9 Å². The molecule has 19 heavy (non-hydrogen) atoms. The molecule has 0 saturated heterocycles. The van der Waals surface area contributed by atoms with E-state index in [-0.39, 0.29) is 0 Å². The van der Waals surface area contributed by atoms with Gasteiger partial charge in [0.15, 0.2) is 5.75 Å². The van der Waals surface area contributed by atoms with Crippen molar-refractivity contribution in [1.29, 1.82) is 0 Å². The van der Waals surface area contributed by atoms with Crippen molar-refractivity contribution in [3.05, 3.63) is 0 Å². The van der Waals surface area contributed by atoms with Gasteiger partial charge in [-0.15, -0.1) is 0 Å². The highest BCUT2D eigenvalue weighted by Gasteiger charge is 2.30. The van der Waals surface area contributed by atoms with E-state index in [0.29, 0.717) is 4.31 Å². The Morgan fingerprint density at radius 2 is 1.21 bits per heavy atom. The first-order chi connectivity index (χ1) is 8.76. The van der Waals surface area contributed by atoms with E-state index in [9.17, 15) is 22.8 Å². The van der Waals surface area contributed by atoms with E-state index in [4.69, 9.17) is 0 Å². The predicted octanol–water partition coefficient (Wildman–Crippen LogP) is -1.86. The van der Waals surface area contributed by atoms with Crippen molar-refractivity contribution in [3.8, 4) is 0 Å². The Kier molecular flexibility index (Phi) is 7.01. The third-order valence-corrected chi connectivity index (χ3v) is 3.63. The molecule has 0 aliphatic carbocycles. The van der Waals surface area contributed by atoms with Crippen LogP contribution >= 0.6 is 0 Å². The molecule has 0 aromatic heterocycles. The lowest BCUT2D eigenvalue weighted by atomic mass is 10.6. The van der Waals surface area contributed by atoms with Gasteiger partial charge in [0, 0.05) is 0 Å². The molecule has 0 rings (SSSR count). The molecule has 0 aromatic rings. The third kappa shape index (κ3) is 6.15. The Hall–Kier alpha value is -1.68. The van der Waals surface area contributed by atoms with Crippen molar-refractivity contribution in [2.75, 3.05) is 40.2 Å². The smallest absolute Gasteiger partial charge is 0.322 e. The van der Waals surface area contributed by atoms with E-state index >= 15 is 0 Å². The fourth-order valence-corrected chi connectivity index (χ4v) is 2.17. The fraction of sp³-hybridized carbons (Fsp3) is 0.667. The van der Waals surface area contributed by atoms with Crippen molar-refractivity contribution in [2.24, 2.45) is 0 Å². The second kappa shape index (κ2) is 7.69. The number of carbonyl (C=O) groups is 3. The van der Waals surface area contributed by atoms with Crippen LogP contribution in [0.3, 0.4) is 0 Å². The average Bonchev–Trinajstić information content (AvgIpc) is 2.36. The maximum absolute atomic E-state index is 11.8. The lowest BCUT2D eigenvalue weighted by Gasteiger charge is -2.18. The molecule has 0 aliphatic rings. The van der Waals surface area contributed by atoms with Crippen molar-refractivity contribution < 1.29 is 37.0 Å². The first kappa shape index (κ1) is 17.3. The van der Waals surface area contributed by atoms with Gasteiger partial charge in [0.05, 0.1) is 21.3 Å². The molecule has 0 spiro atoms. The van der Waals surface area contributed by atoms with Crippen molar-refractivity contribution in [1.82, 2.24) is 4.31 Å². The first-order valence-corrected chi connectivity index (χ1v) is 6.56. The summed E-state index contributed by atoms with van der Waals surface area (Å²) in [5.74, 6) is -3.76. The van der Waals surface area contributed by atoms with Crippen LogP contribution in [-0.2, 0) is 38.6 Å². The van der Waals surface area contributed by atoms with Gasteiger partial charge in [-0.3, -0.25) is 14.4 Å². The average molecular weight is 297 g/mol. The van der Waals surface area contributed by atoms with Crippen LogP contribution in [-0.4, -0.2) is 70.8 Å². The maximum Gasteiger partial charge on any atom is 0.322 e. The van der Waals surface area contributed by atoms with Crippen LogP contribution in [0.15, 0.2) is 0 Å². The summed E-state index contributed by atoms with van der Waals surface area (Å²) in [6, 6.07) is 0. The largest absolute Gasteiger partial charge is 0.468 e. The summed E-state index contributed by atoms with van der Waals surface area (Å²) < 4.78 is 37.0. The Morgan fingerprint density at radius 1 is 0.842 bits per heavy atom. The van der Waals surface area contributed by atoms with Crippen LogP contribution in [0, 0.1) is 0 Å². The van der Waals surface area contributed by atoms with Gasteiger partial charge in [0.25, 0.3) is 0 Å². The van der Waals surface area contributed by atoms with Crippen LogP contribution in [0.4, 0.5) is 0 Å². The van der Waals surface area contributed by atoms with Crippen LogP contribution in [0.2, 0.25) is 0 Å². The van der Waals surface area contributed by atoms with E-state index in [0.717, 1.165) is 21.3 Å². The minimum Gasteiger partial charge on any atom is -0.468 e. The molecule has 0 aliphatic heterocycles. The van der Waals surface area contributed by atoms with Gasteiger partial charge in [0.2, 0.25) is 10.0 Å². The highest BCUT2D eigenvalue weighted by Crippen LogP contribution is 2.03. The van der Waals surface area contributed by atoms with Gasteiger partial charge in [-0.1, -0.05) is 0 Å². The molecule has 10 heteroatoms. The molecule has 9 nitrogen and oxygen atoms in total. The summed E-state index contributed by atoms with van der Waals surface area (Å²) in [6.45, 7) is -1.41. The number of hydrogen-bond acceptors (Lipinski definition) is 8. The van der Waals surface area contributed by atoms with Gasteiger partial charge in [-0.2, -0.15) is 4.31 Å². The predicted molar refractivity (Wildman–Crippen MR) is 61.4 cm³/mol. The monoisotopic (exact) mass is 297 g/mol. The zero-order valence-corrected chi connectivity index (χ0v) is 11.6. The van der Waals surface area contributed by atoms with Gasteiger partial charge < -0.3 is 14.2 Å². The number of carbonyl (C=O) groups excluding carboxylic acids is 3. The number of sulfonamides is 1. The Labute approximate surface area is 110 Å². The zero-order chi connectivity index (χ0) is 15.1. The van der Waals surface area contributed by atoms with Crippen LogP contribution in [0.5, 0.6) is 0 Å². The lowest BCUT2D eigenvalue weighted by molar-refractivity contribution is -0.144. The van der Waals surface area contributed by atoms with E-state index in [2.05, 4.69) is 14.2 Å². The molecule has 0 amide bonds. The second-order valence-electron chi connectivity index (χ2n) is 3.25. The number of esters is 3. The second-order valence-corrected chi connectivity index (χ2v) is 5.22. The van der Waals surface area contributed by atoms with Crippen molar-refractivity contribution >= 4 is 27.9 Å². The molecule has 0 N–H and O–H groups in total. The van der Waals surface area contributed by atoms with E-state index in [1.807, 2.05) is 0 Å². The molecule has 0 atom stereocenters. The topological polar surface area (TPSA) is 116 Å². The number of hydrogen-bond donors (Lipinski definition) is 0. The summed E-state index contributed by atoms with van der Waals surface area (Å²) in [4.78, 5) is 33.2. The summed E-state index contributed by atoms with van der Waals surface area (Å²) in [7, 11) is -1.05. The molecule has 0 radical (unpaired) electrons. The third-order valence-electron chi connectivity index (χ3n) is 1.99. The van der Waals surface area contributed by atoms with E-state index in [1.54, 1.807) is 0 Å². The normalized spacial score (nSPS) is 10.9. The minimum absolute atomic E-state index is 0.488. The molecule has 0 saturated carbocycles. The fourth-order valence-electron chi connectivity index (χ4n) is 0.969. The molecular weight excluding hydrogens is 282 g/mol. The molecule has 0 heterocycles. The van der Waals surface area contributed by atoms with Crippen molar-refractivity contribution in [2.45, 2.75) is 0 Å². The molecule has 0 bridgehead atoms. The standard InChI is InChI=1S/C9H15NO8S/c1-16-7(11)4-10(5-8(12)17-2)19(14,15)6-9(13)18-3/h4-6H2,1-3H3. The number of nitrogens with zero attached hydrogens (tertiary/aromatic N) is 1. The highest BCUT2D eigenvalue weighted by molar-refractivity contribution is 7.89. The van der Waals surface area contributed by atoms with Gasteiger partial charge in [0.1, 0.15) is 13.1 Å². The molecule has 0 fully saturated rings. The van der Waals surface area contributed by atoms with E-state index < -0.39 is 46.8 Å². The Morgan fingerprint density at radius 3 is 1.53 bits per heavy atom. The zero-order valence-electron chi connectivity index (χ0n) is 10.7. The summed E-state index contributed by atoms with van der Waals surface area (Å²) in [5, 5.41) is 0. The summed E-state index contributed by atoms with van der Waals surface area (Å²) in [6.07, 6.45) is 0. The number of rotatable bonds is 7. The highest BCUT2D eigenvalue weighted by atomic mass is 32.2. The van der Waals surface area contributed by atoms with E-state index in [1.165, 1.54) is 0 Å². The summed E-state index contributed by atoms with van der Waals surface area (Å²) >= 11 is 0. The number of methoxy groups -OCH3 is 3. The molecular formula is C9H15NO8S. The number of ether oxygens (including phenoxy) is 3. The maximum atomic E-state index is 11.8. The van der Waals surface area contributed by atoms with Crippen LogP contribution in [0.25, 0.3) is 0 Å². The Bertz CT molecular complexity index is 425. The quantitative estimate of drug-likeness (QED) is 0.396. The van der Waals surface area contributed by atoms with Crippen LogP contribution < -0.4 is 0 Å². The van der Waals surface area contributed by atoms with Crippen LogP contribution in [0.1, 0.15) is 0 Å². The molecule has 110 valence electrons. The SMILES string of the molecule is COC(=O)CN(CC(=O)OC)S(=O)(=O)CC(=O)OC. The van der Waals surface area contributed by atoms with Gasteiger partial charge in [-0.25, -0.2) is 8.42 Å². The van der Waals surface area contributed by atoms with Crippen molar-refractivity contribution in [3.63, 3.8) is 0 Å². The summed E-state index contributed by atoms with van der Waals surface area (Å²) in [5.41, 5.74) is 0.